The van der Waals surface area contributed by atoms with E-state index in [0.29, 0.717) is 23.0 Å². The average Bonchev–Trinajstić information content (AvgIpc) is 2.93. The highest BCUT2D eigenvalue weighted by Crippen LogP contribution is 2.30. The van der Waals surface area contributed by atoms with Crippen molar-refractivity contribution in [2.45, 2.75) is 13.0 Å². The topological polar surface area (TPSA) is 45.2 Å². The SMILES string of the molecule is Cc1ncsc1C(=O)N1CCNCC1c1ccccc1Cl.Cl.Cl. The summed E-state index contributed by atoms with van der Waals surface area (Å²) in [6, 6.07) is 7.67. The van der Waals surface area contributed by atoms with Crippen LogP contribution in [0.25, 0.3) is 0 Å². The number of halogens is 3. The molecule has 4 nitrogen and oxygen atoms in total. The zero-order chi connectivity index (χ0) is 14.8. The summed E-state index contributed by atoms with van der Waals surface area (Å²) in [5.41, 5.74) is 3.50. The van der Waals surface area contributed by atoms with E-state index in [9.17, 15) is 4.79 Å². The van der Waals surface area contributed by atoms with Gasteiger partial charge < -0.3 is 10.2 Å². The number of thiazole rings is 1. The lowest BCUT2D eigenvalue weighted by Crippen LogP contribution is -2.48. The molecule has 1 aliphatic rings. The standard InChI is InChI=1S/C15H16ClN3OS.2ClH/c1-10-14(21-9-18-10)15(20)19-7-6-17-8-13(19)11-4-2-3-5-12(11)16;;/h2-5,9,13,17H,6-8H2,1H3;2*1H. The van der Waals surface area contributed by atoms with Crippen molar-refractivity contribution in [3.63, 3.8) is 0 Å². The van der Waals surface area contributed by atoms with E-state index in [2.05, 4.69) is 10.3 Å². The van der Waals surface area contributed by atoms with Crippen LogP contribution in [0.4, 0.5) is 0 Å². The fourth-order valence-corrected chi connectivity index (χ4v) is 3.63. The molecule has 1 aliphatic heterocycles. The number of aromatic nitrogens is 1. The summed E-state index contributed by atoms with van der Waals surface area (Å²) >= 11 is 7.71. The number of piperazine rings is 1. The van der Waals surface area contributed by atoms with Gasteiger partial charge in [-0.05, 0) is 18.6 Å². The smallest absolute Gasteiger partial charge is 0.266 e. The van der Waals surface area contributed by atoms with E-state index >= 15 is 0 Å². The van der Waals surface area contributed by atoms with Crippen molar-refractivity contribution >= 4 is 53.7 Å². The molecule has 0 bridgehead atoms. The predicted octanol–water partition coefficient (Wildman–Crippen LogP) is 3.74. The number of nitrogens with zero attached hydrogens (tertiary/aromatic N) is 2. The second kappa shape index (κ2) is 8.85. The van der Waals surface area contributed by atoms with Crippen LogP contribution < -0.4 is 5.32 Å². The summed E-state index contributed by atoms with van der Waals surface area (Å²) < 4.78 is 0. The van der Waals surface area contributed by atoms with Gasteiger partial charge in [-0.2, -0.15) is 0 Å². The molecule has 0 radical (unpaired) electrons. The number of amides is 1. The molecular formula is C15H18Cl3N3OS. The third-order valence-electron chi connectivity index (χ3n) is 3.71. The maximum atomic E-state index is 12.8. The minimum absolute atomic E-state index is 0. The minimum atomic E-state index is -0.0403. The van der Waals surface area contributed by atoms with E-state index in [4.69, 9.17) is 11.6 Å². The lowest BCUT2D eigenvalue weighted by Gasteiger charge is -2.36. The van der Waals surface area contributed by atoms with Crippen molar-refractivity contribution in [2.24, 2.45) is 0 Å². The fraction of sp³-hybridized carbons (Fsp3) is 0.333. The van der Waals surface area contributed by atoms with Gasteiger partial charge in [0, 0.05) is 24.7 Å². The number of hydrogen-bond acceptors (Lipinski definition) is 4. The molecule has 0 aliphatic carbocycles. The van der Waals surface area contributed by atoms with Gasteiger partial charge in [0.05, 0.1) is 17.2 Å². The molecule has 0 saturated carbocycles. The van der Waals surface area contributed by atoms with E-state index in [-0.39, 0.29) is 36.8 Å². The van der Waals surface area contributed by atoms with E-state index in [1.165, 1.54) is 11.3 Å². The highest BCUT2D eigenvalue weighted by molar-refractivity contribution is 7.11. The molecule has 2 heterocycles. The first-order chi connectivity index (χ1) is 10.2. The number of rotatable bonds is 2. The molecule has 1 fully saturated rings. The van der Waals surface area contributed by atoms with Crippen molar-refractivity contribution in [1.82, 2.24) is 15.2 Å². The Morgan fingerprint density at radius 1 is 1.39 bits per heavy atom. The Labute approximate surface area is 157 Å². The zero-order valence-electron chi connectivity index (χ0n) is 12.5. The Kier molecular flexibility index (Phi) is 7.77. The second-order valence-electron chi connectivity index (χ2n) is 5.01. The maximum Gasteiger partial charge on any atom is 0.266 e. The number of benzene rings is 1. The van der Waals surface area contributed by atoms with E-state index in [1.54, 1.807) is 5.51 Å². The van der Waals surface area contributed by atoms with Crippen molar-refractivity contribution < 1.29 is 4.79 Å². The first-order valence-electron chi connectivity index (χ1n) is 6.84. The molecule has 1 unspecified atom stereocenters. The number of aryl methyl sites for hydroxylation is 1. The highest BCUT2D eigenvalue weighted by Gasteiger charge is 2.31. The summed E-state index contributed by atoms with van der Waals surface area (Å²) in [5, 5.41) is 4.04. The van der Waals surface area contributed by atoms with E-state index in [0.717, 1.165) is 17.8 Å². The molecule has 0 spiro atoms. The van der Waals surface area contributed by atoms with Crippen LogP contribution in [0, 0.1) is 6.92 Å². The molecule has 1 aromatic carbocycles. The molecular weight excluding hydrogens is 377 g/mol. The number of hydrogen-bond donors (Lipinski definition) is 1. The highest BCUT2D eigenvalue weighted by atomic mass is 35.5. The van der Waals surface area contributed by atoms with Gasteiger partial charge >= 0.3 is 0 Å². The second-order valence-corrected chi connectivity index (χ2v) is 6.27. The largest absolute Gasteiger partial charge is 0.328 e. The van der Waals surface area contributed by atoms with E-state index < -0.39 is 0 Å². The molecule has 1 N–H and O–H groups in total. The third-order valence-corrected chi connectivity index (χ3v) is 4.97. The summed E-state index contributed by atoms with van der Waals surface area (Å²) in [7, 11) is 0. The van der Waals surface area contributed by atoms with Crippen LogP contribution in [0.2, 0.25) is 5.02 Å². The normalized spacial score (nSPS) is 17.1. The number of carbonyl (C=O) groups excluding carboxylic acids is 1. The molecule has 1 aromatic heterocycles. The van der Waals surface area contributed by atoms with Gasteiger partial charge in [0.25, 0.3) is 5.91 Å². The van der Waals surface area contributed by atoms with Crippen molar-refractivity contribution in [3.05, 3.63) is 50.9 Å². The van der Waals surface area contributed by atoms with Crippen molar-refractivity contribution in [2.75, 3.05) is 19.6 Å². The summed E-state index contributed by atoms with van der Waals surface area (Å²) in [5.74, 6) is 0.0430. The lowest BCUT2D eigenvalue weighted by molar-refractivity contribution is 0.0638. The Bertz CT molecular complexity index is 665. The Morgan fingerprint density at radius 2 is 2.13 bits per heavy atom. The van der Waals surface area contributed by atoms with Crippen LogP contribution in [-0.2, 0) is 0 Å². The molecule has 1 atom stereocenters. The molecule has 8 heteroatoms. The predicted molar refractivity (Wildman–Crippen MR) is 99.4 cm³/mol. The van der Waals surface area contributed by atoms with Gasteiger partial charge in [-0.15, -0.1) is 36.2 Å². The van der Waals surface area contributed by atoms with Crippen LogP contribution >= 0.6 is 47.8 Å². The Morgan fingerprint density at radius 3 is 2.78 bits per heavy atom. The number of nitrogens with one attached hydrogen (secondary N) is 1. The zero-order valence-corrected chi connectivity index (χ0v) is 15.7. The van der Waals surface area contributed by atoms with Gasteiger partial charge in [0.2, 0.25) is 0 Å². The minimum Gasteiger partial charge on any atom is -0.328 e. The summed E-state index contributed by atoms with van der Waals surface area (Å²) in [6.07, 6.45) is 0. The monoisotopic (exact) mass is 393 g/mol. The van der Waals surface area contributed by atoms with E-state index in [1.807, 2.05) is 36.1 Å². The van der Waals surface area contributed by atoms with Crippen LogP contribution in [0.3, 0.4) is 0 Å². The van der Waals surface area contributed by atoms with Gasteiger partial charge in [-0.25, -0.2) is 4.98 Å². The van der Waals surface area contributed by atoms with Gasteiger partial charge in [-0.1, -0.05) is 29.8 Å². The first-order valence-corrected chi connectivity index (χ1v) is 8.10. The van der Waals surface area contributed by atoms with Crippen LogP contribution in [0.15, 0.2) is 29.8 Å². The van der Waals surface area contributed by atoms with Crippen LogP contribution in [0.1, 0.15) is 27.0 Å². The van der Waals surface area contributed by atoms with Crippen molar-refractivity contribution in [3.8, 4) is 0 Å². The van der Waals surface area contributed by atoms with Gasteiger partial charge in [-0.3, -0.25) is 4.79 Å². The summed E-state index contributed by atoms with van der Waals surface area (Å²) in [4.78, 5) is 19.6. The Hall–Kier alpha value is -0.850. The molecule has 3 rings (SSSR count). The number of carbonyl (C=O) groups is 1. The molecule has 1 amide bonds. The van der Waals surface area contributed by atoms with Gasteiger partial charge in [0.1, 0.15) is 4.88 Å². The third kappa shape index (κ3) is 4.17. The molecule has 23 heavy (non-hydrogen) atoms. The maximum absolute atomic E-state index is 12.8. The van der Waals surface area contributed by atoms with Crippen LogP contribution in [-0.4, -0.2) is 35.4 Å². The summed E-state index contributed by atoms with van der Waals surface area (Å²) in [6.45, 7) is 4.06. The van der Waals surface area contributed by atoms with Gasteiger partial charge in [0.15, 0.2) is 0 Å². The quantitative estimate of drug-likeness (QED) is 0.844. The lowest BCUT2D eigenvalue weighted by atomic mass is 10.0. The molecule has 1 saturated heterocycles. The average molecular weight is 395 g/mol. The molecule has 2 aromatic rings. The first kappa shape index (κ1) is 20.2. The van der Waals surface area contributed by atoms with Crippen molar-refractivity contribution in [1.29, 1.82) is 0 Å². The van der Waals surface area contributed by atoms with Crippen LogP contribution in [0.5, 0.6) is 0 Å². The molecule has 126 valence electrons. The Balaban J connectivity index is 0.00000132. The fourth-order valence-electron chi connectivity index (χ4n) is 2.61.